The largest absolute Gasteiger partial charge is 0.494 e. The van der Waals surface area contributed by atoms with E-state index in [0.717, 1.165) is 85.1 Å². The van der Waals surface area contributed by atoms with Gasteiger partial charge in [0.25, 0.3) is 0 Å². The van der Waals surface area contributed by atoms with Gasteiger partial charge in [-0.25, -0.2) is 9.37 Å². The van der Waals surface area contributed by atoms with E-state index in [-0.39, 0.29) is 5.82 Å². The Morgan fingerprint density at radius 1 is 1.02 bits per heavy atom. The van der Waals surface area contributed by atoms with Gasteiger partial charge in [-0.15, -0.1) is 0 Å². The van der Waals surface area contributed by atoms with Crippen molar-refractivity contribution in [3.63, 3.8) is 0 Å². The minimum absolute atomic E-state index is 0.269. The van der Waals surface area contributed by atoms with Crippen molar-refractivity contribution >= 4 is 11.6 Å². The summed E-state index contributed by atoms with van der Waals surface area (Å²) in [6.45, 7) is 8.84. The van der Waals surface area contributed by atoms with Crippen LogP contribution in [0.2, 0.25) is 5.15 Å². The molecule has 5 rings (SSSR count). The molecule has 41 heavy (non-hydrogen) atoms. The molecule has 2 aliphatic rings. The van der Waals surface area contributed by atoms with Crippen molar-refractivity contribution in [1.29, 1.82) is 0 Å². The monoisotopic (exact) mass is 579 g/mol. The number of imidazole rings is 1. The number of unbranched alkanes of at least 4 members (excludes halogenated alkanes) is 1. The molecule has 8 heteroatoms. The normalized spacial score (nSPS) is 15.2. The fraction of sp³-hybridized carbons (Fsp3) is 0.424. The maximum Gasteiger partial charge on any atom is 0.157 e. The van der Waals surface area contributed by atoms with E-state index in [0.29, 0.717) is 38.1 Å². The third-order valence-electron chi connectivity index (χ3n) is 7.41. The molecule has 3 aromatic rings. The highest BCUT2D eigenvalue weighted by molar-refractivity contribution is 6.30. The number of aromatic nitrogens is 2. The first kappa shape index (κ1) is 29.2. The number of ether oxygens (including phenoxy) is 3. The Labute approximate surface area is 247 Å². The van der Waals surface area contributed by atoms with Crippen molar-refractivity contribution in [2.75, 3.05) is 26.4 Å². The van der Waals surface area contributed by atoms with Gasteiger partial charge >= 0.3 is 0 Å². The van der Waals surface area contributed by atoms with Crippen molar-refractivity contribution < 1.29 is 18.6 Å². The number of nitrogens with zero attached hydrogens (tertiary/aromatic N) is 3. The fourth-order valence-electron chi connectivity index (χ4n) is 5.45. The van der Waals surface area contributed by atoms with E-state index >= 15 is 0 Å². The summed E-state index contributed by atoms with van der Waals surface area (Å²) in [5.74, 6) is 3.20. The molecule has 0 N–H and O–H groups in total. The van der Waals surface area contributed by atoms with Crippen LogP contribution in [0, 0.1) is 5.82 Å². The maximum absolute atomic E-state index is 13.7. The third kappa shape index (κ3) is 7.52. The van der Waals surface area contributed by atoms with Crippen molar-refractivity contribution in [3.05, 3.63) is 93.9 Å². The van der Waals surface area contributed by atoms with Crippen molar-refractivity contribution in [2.24, 2.45) is 0 Å². The van der Waals surface area contributed by atoms with Crippen LogP contribution in [0.4, 0.5) is 4.39 Å². The van der Waals surface area contributed by atoms with Gasteiger partial charge < -0.3 is 18.8 Å². The summed E-state index contributed by atoms with van der Waals surface area (Å²) < 4.78 is 33.6. The second kappa shape index (κ2) is 14.1. The quantitative estimate of drug-likeness (QED) is 0.218. The van der Waals surface area contributed by atoms with Gasteiger partial charge in [-0.05, 0) is 74.2 Å². The van der Waals surface area contributed by atoms with Crippen LogP contribution in [-0.4, -0.2) is 40.8 Å². The summed E-state index contributed by atoms with van der Waals surface area (Å²) >= 11 is 6.87. The van der Waals surface area contributed by atoms with E-state index in [1.54, 1.807) is 12.1 Å². The second-order valence-corrected chi connectivity index (χ2v) is 10.9. The van der Waals surface area contributed by atoms with Crippen molar-refractivity contribution in [2.45, 2.75) is 65.6 Å². The summed E-state index contributed by atoms with van der Waals surface area (Å²) in [5, 5.41) is 0.484. The minimum Gasteiger partial charge on any atom is -0.494 e. The number of hydrogen-bond donors (Lipinski definition) is 0. The summed E-state index contributed by atoms with van der Waals surface area (Å²) in [6, 6.07) is 14.8. The highest BCUT2D eigenvalue weighted by Gasteiger charge is 2.23. The van der Waals surface area contributed by atoms with Crippen LogP contribution in [-0.2, 0) is 29.1 Å². The summed E-state index contributed by atoms with van der Waals surface area (Å²) in [6.07, 6.45) is 7.08. The number of benzene rings is 2. The molecule has 0 atom stereocenters. The van der Waals surface area contributed by atoms with Crippen LogP contribution in [0.1, 0.15) is 57.2 Å². The molecule has 0 spiro atoms. The molecular weight excluding hydrogens is 541 g/mol. The van der Waals surface area contributed by atoms with E-state index in [9.17, 15) is 4.39 Å². The van der Waals surface area contributed by atoms with Gasteiger partial charge in [-0.2, -0.15) is 0 Å². The molecule has 0 fully saturated rings. The number of rotatable bonds is 12. The molecule has 2 heterocycles. The SMILES string of the molecule is CCCCn1c(-c2ccc(F)cc2)nc(Cl)c1CN(CC1=CC2=C(CCC1)OCCO2)Cc1cccc(OCC)c1. The highest BCUT2D eigenvalue weighted by Crippen LogP contribution is 2.31. The van der Waals surface area contributed by atoms with Gasteiger partial charge in [0, 0.05) is 38.2 Å². The Morgan fingerprint density at radius 2 is 1.85 bits per heavy atom. The highest BCUT2D eigenvalue weighted by atomic mass is 35.5. The van der Waals surface area contributed by atoms with Gasteiger partial charge in [0.15, 0.2) is 10.9 Å². The molecule has 0 unspecified atom stereocenters. The number of hydrogen-bond acceptors (Lipinski definition) is 5. The average molecular weight is 580 g/mol. The van der Waals surface area contributed by atoms with Crippen LogP contribution in [0.3, 0.4) is 0 Å². The van der Waals surface area contributed by atoms with Crippen molar-refractivity contribution in [3.8, 4) is 17.1 Å². The zero-order chi connectivity index (χ0) is 28.6. The number of halogens is 2. The lowest BCUT2D eigenvalue weighted by Crippen LogP contribution is -2.27. The van der Waals surface area contributed by atoms with Gasteiger partial charge in [0.05, 0.1) is 12.3 Å². The van der Waals surface area contributed by atoms with E-state index in [1.165, 1.54) is 17.7 Å². The Hall–Kier alpha value is -3.29. The average Bonchev–Trinajstić information content (AvgIpc) is 3.13. The van der Waals surface area contributed by atoms with Crippen LogP contribution in [0.25, 0.3) is 11.4 Å². The molecule has 0 saturated heterocycles. The third-order valence-corrected chi connectivity index (χ3v) is 7.71. The zero-order valence-electron chi connectivity index (χ0n) is 24.0. The molecule has 218 valence electrons. The molecule has 0 radical (unpaired) electrons. The summed E-state index contributed by atoms with van der Waals surface area (Å²) in [7, 11) is 0. The van der Waals surface area contributed by atoms with Gasteiger partial charge in [0.2, 0.25) is 0 Å². The van der Waals surface area contributed by atoms with E-state index in [1.807, 2.05) is 19.1 Å². The van der Waals surface area contributed by atoms with Gasteiger partial charge in [-0.3, -0.25) is 4.90 Å². The molecule has 0 bridgehead atoms. The topological polar surface area (TPSA) is 48.8 Å². The molecule has 1 aliphatic carbocycles. The predicted molar refractivity (Wildman–Crippen MR) is 160 cm³/mol. The lowest BCUT2D eigenvalue weighted by Gasteiger charge is -2.25. The van der Waals surface area contributed by atoms with Crippen LogP contribution in [0.5, 0.6) is 5.75 Å². The van der Waals surface area contributed by atoms with Crippen LogP contribution < -0.4 is 4.74 Å². The Bertz CT molecular complexity index is 1380. The number of allylic oxidation sites excluding steroid dienone is 2. The Kier molecular flexibility index (Phi) is 10.0. The molecule has 1 aliphatic heterocycles. The lowest BCUT2D eigenvalue weighted by molar-refractivity contribution is 0.0649. The lowest BCUT2D eigenvalue weighted by atomic mass is 10.1. The van der Waals surface area contributed by atoms with Crippen molar-refractivity contribution in [1.82, 2.24) is 14.5 Å². The smallest absolute Gasteiger partial charge is 0.157 e. The summed E-state index contributed by atoms with van der Waals surface area (Å²) in [5.41, 5.74) is 4.28. The molecular formula is C33H39ClFN3O3. The maximum atomic E-state index is 13.7. The van der Waals surface area contributed by atoms with E-state index in [2.05, 4.69) is 34.6 Å². The standard InChI is InChI=1S/C33H39ClFN3O3/c1-3-5-16-38-29(32(34)36-33(38)26-12-14-27(35)15-13-26)23-37(21-24-8-6-10-28(19-24)39-4-2)22-25-9-7-11-30-31(20-25)41-18-17-40-30/h6,8,10,12-15,19-20H,3-5,7,9,11,16-18,21-23H2,1-2H3. The molecule has 2 aromatic carbocycles. The van der Waals surface area contributed by atoms with Gasteiger partial charge in [-0.1, -0.05) is 42.7 Å². The second-order valence-electron chi connectivity index (χ2n) is 10.6. The minimum atomic E-state index is -0.269. The van der Waals surface area contributed by atoms with E-state index < -0.39 is 0 Å². The van der Waals surface area contributed by atoms with Crippen LogP contribution >= 0.6 is 11.6 Å². The van der Waals surface area contributed by atoms with Crippen LogP contribution in [0.15, 0.2) is 71.7 Å². The first-order valence-electron chi connectivity index (χ1n) is 14.7. The van der Waals surface area contributed by atoms with Gasteiger partial charge in [0.1, 0.15) is 36.4 Å². The first-order valence-corrected chi connectivity index (χ1v) is 15.0. The predicted octanol–water partition coefficient (Wildman–Crippen LogP) is 7.91. The molecule has 0 amide bonds. The zero-order valence-corrected chi connectivity index (χ0v) is 24.8. The first-order chi connectivity index (χ1) is 20.0. The molecule has 1 aromatic heterocycles. The Morgan fingerprint density at radius 3 is 2.66 bits per heavy atom. The molecule has 6 nitrogen and oxygen atoms in total. The van der Waals surface area contributed by atoms with E-state index in [4.69, 9.17) is 30.8 Å². The fourth-order valence-corrected chi connectivity index (χ4v) is 5.70. The molecule has 0 saturated carbocycles. The Balaban J connectivity index is 1.48. The summed E-state index contributed by atoms with van der Waals surface area (Å²) in [4.78, 5) is 7.19.